The first-order chi connectivity index (χ1) is 12.1. The molecule has 0 unspecified atom stereocenters. The van der Waals surface area contributed by atoms with E-state index in [0.29, 0.717) is 0 Å². The van der Waals surface area contributed by atoms with Crippen molar-refractivity contribution in [2.45, 2.75) is 24.9 Å². The topological polar surface area (TPSA) is 38.8 Å². The predicted octanol–water partition coefficient (Wildman–Crippen LogP) is 3.66. The number of morpholine rings is 1. The molecule has 1 aliphatic heterocycles. The number of nitrogens with zero attached hydrogens (tertiary/aromatic N) is 1. The normalized spacial score (nSPS) is 27.0. The first-order valence-electron chi connectivity index (χ1n) is 8.37. The Morgan fingerprint density at radius 3 is 2.28 bits per heavy atom. The van der Waals surface area contributed by atoms with E-state index in [1.807, 2.05) is 73.7 Å². The fourth-order valence-corrected chi connectivity index (χ4v) is 3.04. The molecule has 3 rings (SSSR count). The third-order valence-corrected chi connectivity index (χ3v) is 4.70. The summed E-state index contributed by atoms with van der Waals surface area (Å²) in [6.45, 7) is 1.98. The van der Waals surface area contributed by atoms with Gasteiger partial charge in [0.15, 0.2) is 0 Å². The summed E-state index contributed by atoms with van der Waals surface area (Å²) >= 11 is 0. The van der Waals surface area contributed by atoms with Gasteiger partial charge in [0, 0.05) is 14.2 Å². The van der Waals surface area contributed by atoms with Crippen molar-refractivity contribution in [2.75, 3.05) is 14.2 Å². The second-order valence-corrected chi connectivity index (χ2v) is 6.22. The van der Waals surface area contributed by atoms with Crippen molar-refractivity contribution in [3.05, 3.63) is 77.9 Å². The second kappa shape index (κ2) is 7.21. The van der Waals surface area contributed by atoms with Crippen LogP contribution < -0.4 is 0 Å². The van der Waals surface area contributed by atoms with E-state index >= 15 is 0 Å². The van der Waals surface area contributed by atoms with Crippen LogP contribution in [0.15, 0.2) is 66.7 Å². The van der Waals surface area contributed by atoms with Crippen molar-refractivity contribution in [3.63, 3.8) is 0 Å². The van der Waals surface area contributed by atoms with E-state index in [9.17, 15) is 4.79 Å². The SMILES string of the molecule is CO[C@@]1(/C=C/c2ccccc2)O[C@H](c2ccccc2)[C@H](C)N(C)C1=O. The molecule has 4 heteroatoms. The maximum atomic E-state index is 12.9. The minimum atomic E-state index is -1.43. The maximum Gasteiger partial charge on any atom is 0.287 e. The minimum Gasteiger partial charge on any atom is -0.342 e. The number of carbonyl (C=O) groups is 1. The molecular weight excluding hydrogens is 314 g/mol. The lowest BCUT2D eigenvalue weighted by Gasteiger charge is -2.45. The Bertz CT molecular complexity index is 744. The predicted molar refractivity (Wildman–Crippen MR) is 97.7 cm³/mol. The molecule has 1 saturated heterocycles. The van der Waals surface area contributed by atoms with Gasteiger partial charge in [-0.05, 0) is 24.1 Å². The molecule has 0 bridgehead atoms. The number of hydrogen-bond donors (Lipinski definition) is 0. The Labute approximate surface area is 148 Å². The number of rotatable bonds is 4. The standard InChI is InChI=1S/C21H23NO3/c1-16-19(18-12-8-5-9-13-18)25-21(24-3,20(23)22(16)2)15-14-17-10-6-4-7-11-17/h4-16,19H,1-3H3/b15-14+/t16-,19-,21-/m0/s1. The average molecular weight is 337 g/mol. The molecule has 0 saturated carbocycles. The van der Waals surface area contributed by atoms with Crippen molar-refractivity contribution in [1.82, 2.24) is 4.90 Å². The van der Waals surface area contributed by atoms with Crippen LogP contribution in [0.25, 0.3) is 6.08 Å². The summed E-state index contributed by atoms with van der Waals surface area (Å²) in [5.74, 6) is -1.64. The van der Waals surface area contributed by atoms with Crippen molar-refractivity contribution in [3.8, 4) is 0 Å². The zero-order chi connectivity index (χ0) is 17.9. The van der Waals surface area contributed by atoms with Crippen LogP contribution in [0.4, 0.5) is 0 Å². The number of methoxy groups -OCH3 is 1. The second-order valence-electron chi connectivity index (χ2n) is 6.22. The highest BCUT2D eigenvalue weighted by atomic mass is 16.7. The molecule has 4 nitrogen and oxygen atoms in total. The third-order valence-electron chi connectivity index (χ3n) is 4.70. The van der Waals surface area contributed by atoms with Crippen molar-refractivity contribution in [1.29, 1.82) is 0 Å². The van der Waals surface area contributed by atoms with E-state index < -0.39 is 5.79 Å². The number of likely N-dealkylation sites (N-methyl/N-ethyl adjacent to an activating group) is 1. The quantitative estimate of drug-likeness (QED) is 0.855. The third kappa shape index (κ3) is 3.36. The first kappa shape index (κ1) is 17.4. The van der Waals surface area contributed by atoms with Gasteiger partial charge in [0.1, 0.15) is 6.10 Å². The lowest BCUT2D eigenvalue weighted by Crippen LogP contribution is -2.59. The van der Waals surface area contributed by atoms with Crippen LogP contribution in [-0.4, -0.2) is 36.8 Å². The first-order valence-corrected chi connectivity index (χ1v) is 8.37. The van der Waals surface area contributed by atoms with Crippen LogP contribution >= 0.6 is 0 Å². The maximum absolute atomic E-state index is 12.9. The van der Waals surface area contributed by atoms with Gasteiger partial charge in [0.05, 0.1) is 6.04 Å². The molecule has 1 heterocycles. The minimum absolute atomic E-state index is 0.0942. The Kier molecular flexibility index (Phi) is 5.02. The molecule has 1 amide bonds. The van der Waals surface area contributed by atoms with Crippen LogP contribution in [0.3, 0.4) is 0 Å². The van der Waals surface area contributed by atoms with Gasteiger partial charge < -0.3 is 14.4 Å². The molecule has 25 heavy (non-hydrogen) atoms. The fourth-order valence-electron chi connectivity index (χ4n) is 3.04. The van der Waals surface area contributed by atoms with Gasteiger partial charge >= 0.3 is 0 Å². The highest BCUT2D eigenvalue weighted by Crippen LogP contribution is 2.37. The molecule has 0 aromatic heterocycles. The zero-order valence-electron chi connectivity index (χ0n) is 14.8. The van der Waals surface area contributed by atoms with Crippen LogP contribution in [-0.2, 0) is 14.3 Å². The van der Waals surface area contributed by atoms with Crippen LogP contribution in [0.2, 0.25) is 0 Å². The van der Waals surface area contributed by atoms with Gasteiger partial charge in [-0.25, -0.2) is 0 Å². The van der Waals surface area contributed by atoms with Crippen LogP contribution in [0.1, 0.15) is 24.2 Å². The summed E-state index contributed by atoms with van der Waals surface area (Å²) in [6.07, 6.45) is 3.28. The Balaban J connectivity index is 1.96. The molecule has 130 valence electrons. The number of amides is 1. The number of hydrogen-bond acceptors (Lipinski definition) is 3. The van der Waals surface area contributed by atoms with Crippen molar-refractivity contribution in [2.24, 2.45) is 0 Å². The van der Waals surface area contributed by atoms with E-state index in [1.165, 1.54) is 7.11 Å². The van der Waals surface area contributed by atoms with Crippen LogP contribution in [0.5, 0.6) is 0 Å². The van der Waals surface area contributed by atoms with Gasteiger partial charge in [0.25, 0.3) is 11.7 Å². The average Bonchev–Trinajstić information content (AvgIpc) is 2.68. The lowest BCUT2D eigenvalue weighted by molar-refractivity contribution is -0.252. The Hall–Kier alpha value is -2.43. The summed E-state index contributed by atoms with van der Waals surface area (Å²) in [6, 6.07) is 19.6. The van der Waals surface area contributed by atoms with Gasteiger partial charge in [-0.3, -0.25) is 4.79 Å². The molecule has 2 aromatic carbocycles. The van der Waals surface area contributed by atoms with E-state index in [-0.39, 0.29) is 18.1 Å². The Morgan fingerprint density at radius 2 is 1.68 bits per heavy atom. The lowest BCUT2D eigenvalue weighted by atomic mass is 9.97. The smallest absolute Gasteiger partial charge is 0.287 e. The number of carbonyl (C=O) groups excluding carboxylic acids is 1. The summed E-state index contributed by atoms with van der Waals surface area (Å²) in [4.78, 5) is 14.6. The molecule has 2 aromatic rings. The zero-order valence-corrected chi connectivity index (χ0v) is 14.8. The number of ether oxygens (including phenoxy) is 2. The van der Waals surface area contributed by atoms with Crippen molar-refractivity contribution < 1.29 is 14.3 Å². The molecule has 0 radical (unpaired) electrons. The van der Waals surface area contributed by atoms with E-state index in [2.05, 4.69) is 0 Å². The van der Waals surface area contributed by atoms with E-state index in [1.54, 1.807) is 18.0 Å². The summed E-state index contributed by atoms with van der Waals surface area (Å²) in [5.41, 5.74) is 2.00. The largest absolute Gasteiger partial charge is 0.342 e. The summed E-state index contributed by atoms with van der Waals surface area (Å²) in [7, 11) is 3.29. The Morgan fingerprint density at radius 1 is 1.08 bits per heavy atom. The molecule has 1 fully saturated rings. The van der Waals surface area contributed by atoms with Gasteiger partial charge in [0.2, 0.25) is 0 Å². The van der Waals surface area contributed by atoms with Gasteiger partial charge in [-0.1, -0.05) is 66.7 Å². The molecule has 3 atom stereocenters. The van der Waals surface area contributed by atoms with Crippen LogP contribution in [0, 0.1) is 0 Å². The van der Waals surface area contributed by atoms with E-state index in [0.717, 1.165) is 11.1 Å². The summed E-state index contributed by atoms with van der Waals surface area (Å²) < 4.78 is 11.8. The molecule has 0 N–H and O–H groups in total. The van der Waals surface area contributed by atoms with Crippen molar-refractivity contribution >= 4 is 12.0 Å². The van der Waals surface area contributed by atoms with Gasteiger partial charge in [-0.15, -0.1) is 0 Å². The van der Waals surface area contributed by atoms with E-state index in [4.69, 9.17) is 9.47 Å². The fraction of sp³-hybridized carbons (Fsp3) is 0.286. The van der Waals surface area contributed by atoms with Gasteiger partial charge in [-0.2, -0.15) is 0 Å². The molecular formula is C21H23NO3. The highest BCUT2D eigenvalue weighted by molar-refractivity contribution is 5.88. The number of benzene rings is 2. The highest BCUT2D eigenvalue weighted by Gasteiger charge is 2.49. The molecule has 0 aliphatic carbocycles. The molecule has 1 aliphatic rings. The molecule has 0 spiro atoms. The monoisotopic (exact) mass is 337 g/mol. The summed E-state index contributed by atoms with van der Waals surface area (Å²) in [5, 5.41) is 0.